The number of rotatable bonds is 1. The van der Waals surface area contributed by atoms with Gasteiger partial charge in [0.05, 0.1) is 5.56 Å². The number of aryl methyl sites for hydroxylation is 1. The molecule has 1 rings (SSSR count). The van der Waals surface area contributed by atoms with Gasteiger partial charge in [0.15, 0.2) is 5.78 Å². The summed E-state index contributed by atoms with van der Waals surface area (Å²) in [6.45, 7) is 3.34. The van der Waals surface area contributed by atoms with Crippen molar-refractivity contribution >= 4 is 17.2 Å². The van der Waals surface area contributed by atoms with Crippen molar-refractivity contribution in [2.24, 2.45) is 0 Å². The molecule has 0 amide bonds. The van der Waals surface area contributed by atoms with Crippen LogP contribution in [-0.2, 0) is 0 Å². The van der Waals surface area contributed by atoms with E-state index in [-0.39, 0.29) is 5.78 Å². The van der Waals surface area contributed by atoms with Gasteiger partial charge in [-0.15, -0.1) is 0 Å². The lowest BCUT2D eigenvalue weighted by Crippen LogP contribution is -2.05. The molecule has 0 saturated carbocycles. The van der Waals surface area contributed by atoms with Crippen LogP contribution in [0.25, 0.3) is 0 Å². The van der Waals surface area contributed by atoms with Crippen LogP contribution in [0, 0.1) is 6.92 Å². The van der Waals surface area contributed by atoms with Crippen molar-refractivity contribution < 1.29 is 4.79 Å². The summed E-state index contributed by atoms with van der Waals surface area (Å²) in [6.07, 6.45) is 0. The number of carbonyl (C=O) groups excluding carboxylic acids is 1. The highest BCUT2D eigenvalue weighted by atomic mass is 16.1. The number of hydrogen-bond donors (Lipinski definition) is 2. The van der Waals surface area contributed by atoms with Gasteiger partial charge >= 0.3 is 0 Å². The second-order valence-electron chi connectivity index (χ2n) is 2.87. The van der Waals surface area contributed by atoms with Crippen LogP contribution >= 0.6 is 0 Å². The quantitative estimate of drug-likeness (QED) is 0.486. The van der Waals surface area contributed by atoms with Crippen LogP contribution in [-0.4, -0.2) is 5.78 Å². The summed E-state index contributed by atoms with van der Waals surface area (Å²) in [6, 6.07) is 3.49. The van der Waals surface area contributed by atoms with E-state index in [1.54, 1.807) is 12.1 Å². The van der Waals surface area contributed by atoms with E-state index in [0.29, 0.717) is 16.9 Å². The summed E-state index contributed by atoms with van der Waals surface area (Å²) in [7, 11) is 0. The topological polar surface area (TPSA) is 69.1 Å². The predicted molar refractivity (Wildman–Crippen MR) is 50.0 cm³/mol. The molecule has 0 aliphatic rings. The van der Waals surface area contributed by atoms with Gasteiger partial charge < -0.3 is 11.5 Å². The first kappa shape index (κ1) is 8.59. The first-order valence-electron chi connectivity index (χ1n) is 3.69. The number of nitrogens with two attached hydrogens (primary N) is 2. The molecule has 0 bridgehead atoms. The fourth-order valence-corrected chi connectivity index (χ4v) is 1.25. The highest BCUT2D eigenvalue weighted by Gasteiger charge is 2.08. The molecule has 0 aromatic heterocycles. The maximum atomic E-state index is 11.0. The number of nitrogen functional groups attached to an aromatic ring is 2. The molecule has 0 saturated heterocycles. The zero-order valence-corrected chi connectivity index (χ0v) is 7.22. The maximum Gasteiger partial charge on any atom is 0.163 e. The standard InChI is InChI=1S/C9H12N2O/c1-5-3-7(10)9(6(2)12)8(11)4-5/h3-4H,10-11H2,1-2H3. The Bertz CT molecular complexity index is 308. The highest BCUT2D eigenvalue weighted by Crippen LogP contribution is 2.21. The van der Waals surface area contributed by atoms with Crippen molar-refractivity contribution in [3.8, 4) is 0 Å². The van der Waals surface area contributed by atoms with Crippen LogP contribution in [0.3, 0.4) is 0 Å². The molecule has 0 radical (unpaired) electrons. The second kappa shape index (κ2) is 2.85. The van der Waals surface area contributed by atoms with Crippen LogP contribution < -0.4 is 11.5 Å². The third-order valence-electron chi connectivity index (χ3n) is 1.70. The van der Waals surface area contributed by atoms with E-state index in [0.717, 1.165) is 5.56 Å². The Morgan fingerprint density at radius 3 is 2.00 bits per heavy atom. The Labute approximate surface area is 71.4 Å². The largest absolute Gasteiger partial charge is 0.398 e. The summed E-state index contributed by atoms with van der Waals surface area (Å²) in [4.78, 5) is 11.0. The van der Waals surface area contributed by atoms with Crippen molar-refractivity contribution in [2.75, 3.05) is 11.5 Å². The molecular formula is C9H12N2O. The Morgan fingerprint density at radius 1 is 1.25 bits per heavy atom. The van der Waals surface area contributed by atoms with Gasteiger partial charge in [0.1, 0.15) is 0 Å². The predicted octanol–water partition coefficient (Wildman–Crippen LogP) is 1.36. The van der Waals surface area contributed by atoms with Gasteiger partial charge in [0, 0.05) is 11.4 Å². The molecular weight excluding hydrogens is 152 g/mol. The molecule has 0 heterocycles. The number of benzene rings is 1. The monoisotopic (exact) mass is 164 g/mol. The minimum Gasteiger partial charge on any atom is -0.398 e. The van der Waals surface area contributed by atoms with E-state index in [1.807, 2.05) is 6.92 Å². The van der Waals surface area contributed by atoms with Gasteiger partial charge in [-0.25, -0.2) is 0 Å². The second-order valence-corrected chi connectivity index (χ2v) is 2.87. The molecule has 0 fully saturated rings. The van der Waals surface area contributed by atoms with E-state index >= 15 is 0 Å². The summed E-state index contributed by atoms with van der Waals surface area (Å²) < 4.78 is 0. The molecule has 0 aliphatic heterocycles. The lowest BCUT2D eigenvalue weighted by Gasteiger charge is -2.06. The van der Waals surface area contributed by atoms with E-state index in [4.69, 9.17) is 11.5 Å². The van der Waals surface area contributed by atoms with Gasteiger partial charge in [-0.2, -0.15) is 0 Å². The number of anilines is 2. The molecule has 4 N–H and O–H groups in total. The van der Waals surface area contributed by atoms with Crippen LogP contribution in [0.5, 0.6) is 0 Å². The Morgan fingerprint density at radius 2 is 1.67 bits per heavy atom. The summed E-state index contributed by atoms with van der Waals surface area (Å²) in [5.74, 6) is -0.0926. The van der Waals surface area contributed by atoms with Crippen LogP contribution in [0.1, 0.15) is 22.8 Å². The molecule has 0 atom stereocenters. The maximum absolute atomic E-state index is 11.0. The fraction of sp³-hybridized carbons (Fsp3) is 0.222. The molecule has 64 valence electrons. The first-order chi connectivity index (χ1) is 5.52. The number of Topliss-reactive ketones (excluding diaryl/α,β-unsaturated/α-hetero) is 1. The normalized spacial score (nSPS) is 9.83. The van der Waals surface area contributed by atoms with E-state index in [1.165, 1.54) is 6.92 Å². The molecule has 3 heteroatoms. The number of carbonyl (C=O) groups is 1. The molecule has 0 spiro atoms. The molecule has 1 aromatic carbocycles. The van der Waals surface area contributed by atoms with Crippen molar-refractivity contribution in [1.82, 2.24) is 0 Å². The molecule has 12 heavy (non-hydrogen) atoms. The lowest BCUT2D eigenvalue weighted by molar-refractivity contribution is 0.101. The van der Waals surface area contributed by atoms with E-state index < -0.39 is 0 Å². The first-order valence-corrected chi connectivity index (χ1v) is 3.69. The van der Waals surface area contributed by atoms with Crippen molar-refractivity contribution in [3.63, 3.8) is 0 Å². The van der Waals surface area contributed by atoms with E-state index in [2.05, 4.69) is 0 Å². The summed E-state index contributed by atoms with van der Waals surface area (Å²) in [5.41, 5.74) is 13.6. The van der Waals surface area contributed by atoms with Crippen LogP contribution in [0.4, 0.5) is 11.4 Å². The highest BCUT2D eigenvalue weighted by molar-refractivity contribution is 6.04. The zero-order chi connectivity index (χ0) is 9.30. The SMILES string of the molecule is CC(=O)c1c(N)cc(C)cc1N. The molecule has 3 nitrogen and oxygen atoms in total. The Kier molecular flexibility index (Phi) is 2.04. The van der Waals surface area contributed by atoms with Crippen LogP contribution in [0.2, 0.25) is 0 Å². The molecule has 1 aromatic rings. The number of ketones is 1. The van der Waals surface area contributed by atoms with Gasteiger partial charge in [-0.3, -0.25) is 4.79 Å². The van der Waals surface area contributed by atoms with E-state index in [9.17, 15) is 4.79 Å². The van der Waals surface area contributed by atoms with Crippen LogP contribution in [0.15, 0.2) is 12.1 Å². The summed E-state index contributed by atoms with van der Waals surface area (Å²) >= 11 is 0. The zero-order valence-electron chi connectivity index (χ0n) is 7.22. The lowest BCUT2D eigenvalue weighted by atomic mass is 10.0. The average Bonchev–Trinajstić information content (AvgIpc) is 1.82. The molecule has 0 unspecified atom stereocenters. The molecule has 0 aliphatic carbocycles. The Hall–Kier alpha value is -1.51. The smallest absolute Gasteiger partial charge is 0.163 e. The third kappa shape index (κ3) is 1.39. The van der Waals surface area contributed by atoms with Crippen molar-refractivity contribution in [3.05, 3.63) is 23.3 Å². The fourth-order valence-electron chi connectivity index (χ4n) is 1.25. The van der Waals surface area contributed by atoms with Crippen molar-refractivity contribution in [1.29, 1.82) is 0 Å². The third-order valence-corrected chi connectivity index (χ3v) is 1.70. The van der Waals surface area contributed by atoms with Gasteiger partial charge in [0.25, 0.3) is 0 Å². The van der Waals surface area contributed by atoms with Gasteiger partial charge in [-0.05, 0) is 31.5 Å². The number of hydrogen-bond acceptors (Lipinski definition) is 3. The average molecular weight is 164 g/mol. The Balaban J connectivity index is 3.38. The van der Waals surface area contributed by atoms with Crippen molar-refractivity contribution in [2.45, 2.75) is 13.8 Å². The minimum atomic E-state index is -0.0926. The summed E-state index contributed by atoms with van der Waals surface area (Å²) in [5, 5.41) is 0. The minimum absolute atomic E-state index is 0.0926. The van der Waals surface area contributed by atoms with Gasteiger partial charge in [0.2, 0.25) is 0 Å². The van der Waals surface area contributed by atoms with Gasteiger partial charge in [-0.1, -0.05) is 0 Å².